The van der Waals surface area contributed by atoms with Gasteiger partial charge in [0.1, 0.15) is 22.9 Å². The summed E-state index contributed by atoms with van der Waals surface area (Å²) >= 11 is 8.73. The summed E-state index contributed by atoms with van der Waals surface area (Å²) in [5.41, 5.74) is -0.632. The first-order valence-corrected chi connectivity index (χ1v) is 11.1. The van der Waals surface area contributed by atoms with Crippen molar-refractivity contribution in [2.45, 2.75) is 37.8 Å². The number of carbonyl (C=O) groups excluding carboxylic acids is 1. The molecule has 0 aliphatic rings. The van der Waals surface area contributed by atoms with Crippen LogP contribution in [0.2, 0.25) is 5.02 Å². The maximum Gasteiger partial charge on any atom is 0.321 e. The van der Waals surface area contributed by atoms with Crippen LogP contribution in [-0.2, 0) is 26.1 Å². The van der Waals surface area contributed by atoms with Crippen LogP contribution in [0.15, 0.2) is 39.7 Å². The van der Waals surface area contributed by atoms with Crippen LogP contribution in [0, 0.1) is 17.5 Å². The van der Waals surface area contributed by atoms with Gasteiger partial charge in [0.05, 0.1) is 4.47 Å². The number of hydrogen-bond acceptors (Lipinski definition) is 4. The number of rotatable bonds is 6. The van der Waals surface area contributed by atoms with E-state index in [4.69, 9.17) is 16.3 Å². The highest BCUT2D eigenvalue weighted by atomic mass is 79.9. The molecular weight excluding hydrogens is 511 g/mol. The number of esters is 1. The number of halogens is 5. The average Bonchev–Trinajstić information content (AvgIpc) is 2.59. The lowest BCUT2D eigenvalue weighted by Crippen LogP contribution is -2.39. The van der Waals surface area contributed by atoms with Gasteiger partial charge in [-0.2, -0.15) is 4.31 Å². The molecular formula is C19H18BrClF3NO4S. The Balaban J connectivity index is 2.58. The third-order valence-electron chi connectivity index (χ3n) is 3.70. The van der Waals surface area contributed by atoms with Gasteiger partial charge in [0.15, 0.2) is 11.6 Å². The second-order valence-electron chi connectivity index (χ2n) is 7.25. The number of carbonyl (C=O) groups is 1. The van der Waals surface area contributed by atoms with Crippen LogP contribution in [-0.4, -0.2) is 30.8 Å². The summed E-state index contributed by atoms with van der Waals surface area (Å²) in [6, 6.07) is 6.39. The lowest BCUT2D eigenvalue weighted by Gasteiger charge is -2.25. The minimum Gasteiger partial charge on any atom is -0.459 e. The standard InChI is InChI=1S/C19H18BrClF3NO4S/c1-19(2,3)29-15(26)10-25(9-11-6-4-5-7-12(11)21)30(27,28)18-16(20)13(22)8-14(23)17(18)24/h4-8H,9-10H2,1-3H3. The summed E-state index contributed by atoms with van der Waals surface area (Å²) in [4.78, 5) is 11.0. The molecule has 0 aliphatic heterocycles. The molecule has 0 atom stereocenters. The summed E-state index contributed by atoms with van der Waals surface area (Å²) in [7, 11) is -4.90. The van der Waals surface area contributed by atoms with Gasteiger partial charge in [-0.15, -0.1) is 0 Å². The van der Waals surface area contributed by atoms with Gasteiger partial charge >= 0.3 is 5.97 Å². The molecule has 0 saturated heterocycles. The van der Waals surface area contributed by atoms with Crippen molar-refractivity contribution in [3.63, 3.8) is 0 Å². The van der Waals surface area contributed by atoms with Crippen LogP contribution < -0.4 is 0 Å². The van der Waals surface area contributed by atoms with Gasteiger partial charge in [-0.1, -0.05) is 29.8 Å². The first-order chi connectivity index (χ1) is 13.7. The fourth-order valence-electron chi connectivity index (χ4n) is 2.47. The highest BCUT2D eigenvalue weighted by Gasteiger charge is 2.35. The largest absolute Gasteiger partial charge is 0.459 e. The van der Waals surface area contributed by atoms with Crippen LogP contribution >= 0.6 is 27.5 Å². The second-order valence-corrected chi connectivity index (χ2v) is 10.3. The fraction of sp³-hybridized carbons (Fsp3) is 0.316. The Morgan fingerprint density at radius 1 is 1.17 bits per heavy atom. The Morgan fingerprint density at radius 3 is 2.33 bits per heavy atom. The molecule has 0 radical (unpaired) electrons. The van der Waals surface area contributed by atoms with Gasteiger partial charge < -0.3 is 4.74 Å². The molecule has 0 saturated carbocycles. The molecule has 0 fully saturated rings. The zero-order valence-electron chi connectivity index (χ0n) is 16.2. The third-order valence-corrected chi connectivity index (χ3v) is 6.94. The number of ether oxygens (including phenoxy) is 1. The van der Waals surface area contributed by atoms with Crippen molar-refractivity contribution in [1.82, 2.24) is 4.31 Å². The lowest BCUT2D eigenvalue weighted by molar-refractivity contribution is -0.155. The normalized spacial score (nSPS) is 12.3. The van der Waals surface area contributed by atoms with Gasteiger partial charge in [-0.25, -0.2) is 21.6 Å². The minimum atomic E-state index is -4.90. The number of nitrogens with zero attached hydrogens (tertiary/aromatic N) is 1. The van der Waals surface area contributed by atoms with Gasteiger partial charge in [0.2, 0.25) is 10.0 Å². The maximum atomic E-state index is 14.4. The summed E-state index contributed by atoms with van der Waals surface area (Å²) in [5.74, 6) is -5.73. The van der Waals surface area contributed by atoms with E-state index >= 15 is 0 Å². The lowest BCUT2D eigenvalue weighted by atomic mass is 10.2. The van der Waals surface area contributed by atoms with Crippen LogP contribution in [0.4, 0.5) is 13.2 Å². The summed E-state index contributed by atoms with van der Waals surface area (Å²) in [6.07, 6.45) is 0. The van der Waals surface area contributed by atoms with E-state index in [0.717, 1.165) is 0 Å². The Hall–Kier alpha value is -1.62. The summed E-state index contributed by atoms with van der Waals surface area (Å²) in [5, 5.41) is 0.187. The van der Waals surface area contributed by atoms with Crippen LogP contribution in [0.5, 0.6) is 0 Å². The molecule has 2 aromatic rings. The van der Waals surface area contributed by atoms with E-state index in [0.29, 0.717) is 9.87 Å². The predicted octanol–water partition coefficient (Wildman–Crippen LogP) is 5.05. The van der Waals surface area contributed by atoms with E-state index in [1.54, 1.807) is 32.9 Å². The smallest absolute Gasteiger partial charge is 0.321 e. The molecule has 5 nitrogen and oxygen atoms in total. The molecule has 30 heavy (non-hydrogen) atoms. The number of hydrogen-bond donors (Lipinski definition) is 0. The zero-order valence-corrected chi connectivity index (χ0v) is 19.3. The highest BCUT2D eigenvalue weighted by Crippen LogP contribution is 2.33. The van der Waals surface area contributed by atoms with E-state index < -0.39 is 61.5 Å². The van der Waals surface area contributed by atoms with Gasteiger partial charge in [0.25, 0.3) is 0 Å². The van der Waals surface area contributed by atoms with Crippen LogP contribution in [0.25, 0.3) is 0 Å². The second kappa shape index (κ2) is 9.25. The Bertz CT molecular complexity index is 1050. The van der Waals surface area contributed by atoms with Crippen molar-refractivity contribution >= 4 is 43.5 Å². The zero-order chi connectivity index (χ0) is 22.9. The third kappa shape index (κ3) is 5.75. The molecule has 0 unspecified atom stereocenters. The van der Waals surface area contributed by atoms with E-state index in [2.05, 4.69) is 15.9 Å². The van der Waals surface area contributed by atoms with E-state index in [9.17, 15) is 26.4 Å². The topological polar surface area (TPSA) is 63.7 Å². The van der Waals surface area contributed by atoms with Gasteiger partial charge in [-0.3, -0.25) is 4.79 Å². The quantitative estimate of drug-likeness (QED) is 0.389. The molecule has 0 heterocycles. The molecule has 0 amide bonds. The maximum absolute atomic E-state index is 14.4. The summed E-state index contributed by atoms with van der Waals surface area (Å²) in [6.45, 7) is 3.43. The van der Waals surface area contributed by atoms with Crippen LogP contribution in [0.1, 0.15) is 26.3 Å². The first kappa shape index (κ1) is 24.6. The van der Waals surface area contributed by atoms with Crippen molar-refractivity contribution in [1.29, 1.82) is 0 Å². The van der Waals surface area contributed by atoms with Crippen LogP contribution in [0.3, 0.4) is 0 Å². The molecule has 2 rings (SSSR count). The summed E-state index contributed by atoms with van der Waals surface area (Å²) < 4.78 is 73.3. The van der Waals surface area contributed by atoms with Crippen molar-refractivity contribution < 1.29 is 31.1 Å². The highest BCUT2D eigenvalue weighted by molar-refractivity contribution is 9.10. The van der Waals surface area contributed by atoms with Crippen molar-refractivity contribution in [3.8, 4) is 0 Å². The predicted molar refractivity (Wildman–Crippen MR) is 109 cm³/mol. The number of sulfonamides is 1. The molecule has 11 heteroatoms. The fourth-order valence-corrected chi connectivity index (χ4v) is 5.06. The SMILES string of the molecule is CC(C)(C)OC(=O)CN(Cc1ccccc1Cl)S(=O)(=O)c1c(F)c(F)cc(F)c1Br. The van der Waals surface area contributed by atoms with Crippen molar-refractivity contribution in [2.24, 2.45) is 0 Å². The molecule has 0 spiro atoms. The van der Waals surface area contributed by atoms with Crippen molar-refractivity contribution in [2.75, 3.05) is 6.54 Å². The molecule has 164 valence electrons. The monoisotopic (exact) mass is 527 g/mol. The Morgan fingerprint density at radius 2 is 1.77 bits per heavy atom. The van der Waals surface area contributed by atoms with Crippen molar-refractivity contribution in [3.05, 3.63) is 62.8 Å². The number of benzene rings is 2. The van der Waals surface area contributed by atoms with Gasteiger partial charge in [-0.05, 0) is 48.3 Å². The molecule has 2 aromatic carbocycles. The van der Waals surface area contributed by atoms with E-state index in [1.807, 2.05) is 0 Å². The Kier molecular flexibility index (Phi) is 7.60. The molecule has 0 N–H and O–H groups in total. The molecule has 0 aliphatic carbocycles. The van der Waals surface area contributed by atoms with Gasteiger partial charge in [0, 0.05) is 17.6 Å². The molecule has 0 bridgehead atoms. The van der Waals surface area contributed by atoms with E-state index in [1.165, 1.54) is 12.1 Å². The first-order valence-electron chi connectivity index (χ1n) is 8.52. The van der Waals surface area contributed by atoms with E-state index in [-0.39, 0.29) is 11.1 Å². The molecule has 0 aromatic heterocycles. The average molecular weight is 529 g/mol. The Labute approximate surface area is 186 Å². The minimum absolute atomic E-state index is 0.187.